The molecule has 3 heteroatoms. The highest BCUT2D eigenvalue weighted by Gasteiger charge is 2.46. The number of imidazole rings is 1. The second-order valence-corrected chi connectivity index (χ2v) is 5.35. The van der Waals surface area contributed by atoms with Crippen molar-refractivity contribution in [3.63, 3.8) is 0 Å². The number of rotatable bonds is 4. The molecule has 1 saturated carbocycles. The summed E-state index contributed by atoms with van der Waals surface area (Å²) in [7, 11) is 0. The summed E-state index contributed by atoms with van der Waals surface area (Å²) in [6.07, 6.45) is 6.45. The molecule has 1 aliphatic carbocycles. The molecule has 1 atom stereocenters. The van der Waals surface area contributed by atoms with Gasteiger partial charge in [-0.3, -0.25) is 0 Å². The lowest BCUT2D eigenvalue weighted by molar-refractivity contribution is 0.0182. The van der Waals surface area contributed by atoms with E-state index in [-0.39, 0.29) is 5.41 Å². The summed E-state index contributed by atoms with van der Waals surface area (Å²) in [5, 5.41) is 10.9. The maximum Gasteiger partial charge on any atom is 0.138 e. The third-order valence-electron chi connectivity index (χ3n) is 4.45. The molecule has 1 unspecified atom stereocenters. The van der Waals surface area contributed by atoms with Crippen molar-refractivity contribution in [3.05, 3.63) is 54.1 Å². The summed E-state index contributed by atoms with van der Waals surface area (Å²) in [5.74, 6) is 0.797. The summed E-state index contributed by atoms with van der Waals surface area (Å²) >= 11 is 0. The minimum Gasteiger partial charge on any atom is -0.384 e. The highest BCUT2D eigenvalue weighted by atomic mass is 16.3. The summed E-state index contributed by atoms with van der Waals surface area (Å²) in [6.45, 7) is 2.92. The standard InChI is InChI=1S/C16H20N2O/c1-2-18-12-11-17-15(18)14(19)16(9-6-10-16)13-7-4-3-5-8-13/h3-5,7-8,11-12,14,19H,2,6,9-10H2,1H3. The van der Waals surface area contributed by atoms with Crippen LogP contribution >= 0.6 is 0 Å². The minimum absolute atomic E-state index is 0.139. The van der Waals surface area contributed by atoms with Gasteiger partial charge >= 0.3 is 0 Å². The zero-order chi connectivity index (χ0) is 13.3. The maximum absolute atomic E-state index is 10.9. The smallest absolute Gasteiger partial charge is 0.138 e. The molecule has 19 heavy (non-hydrogen) atoms. The first-order valence-electron chi connectivity index (χ1n) is 7.02. The Morgan fingerprint density at radius 2 is 2.05 bits per heavy atom. The van der Waals surface area contributed by atoms with Crippen LogP contribution < -0.4 is 0 Å². The summed E-state index contributed by atoms with van der Waals surface area (Å²) in [5.41, 5.74) is 1.10. The van der Waals surface area contributed by atoms with E-state index in [1.165, 1.54) is 12.0 Å². The van der Waals surface area contributed by atoms with Gasteiger partial charge in [-0.2, -0.15) is 0 Å². The van der Waals surface area contributed by atoms with Crippen LogP contribution in [0.5, 0.6) is 0 Å². The van der Waals surface area contributed by atoms with Crippen LogP contribution in [-0.4, -0.2) is 14.7 Å². The van der Waals surface area contributed by atoms with Crippen LogP contribution in [-0.2, 0) is 12.0 Å². The number of aliphatic hydroxyl groups excluding tert-OH is 1. The predicted molar refractivity (Wildman–Crippen MR) is 74.8 cm³/mol. The van der Waals surface area contributed by atoms with E-state index in [9.17, 15) is 5.11 Å². The van der Waals surface area contributed by atoms with Gasteiger partial charge in [0.05, 0.1) is 0 Å². The Balaban J connectivity index is 1.99. The van der Waals surface area contributed by atoms with Crippen LogP contribution in [0.25, 0.3) is 0 Å². The number of benzene rings is 1. The zero-order valence-electron chi connectivity index (χ0n) is 11.3. The highest BCUT2D eigenvalue weighted by Crippen LogP contribution is 2.51. The molecule has 0 amide bonds. The molecule has 1 aromatic heterocycles. The monoisotopic (exact) mass is 256 g/mol. The van der Waals surface area contributed by atoms with Crippen molar-refractivity contribution >= 4 is 0 Å². The van der Waals surface area contributed by atoms with Gasteiger partial charge in [-0.1, -0.05) is 36.8 Å². The fourth-order valence-corrected chi connectivity index (χ4v) is 3.13. The van der Waals surface area contributed by atoms with Gasteiger partial charge < -0.3 is 9.67 Å². The molecule has 3 rings (SSSR count). The summed E-state index contributed by atoms with van der Waals surface area (Å²) in [6, 6.07) is 10.4. The fraction of sp³-hybridized carbons (Fsp3) is 0.438. The third-order valence-corrected chi connectivity index (χ3v) is 4.45. The maximum atomic E-state index is 10.9. The second-order valence-electron chi connectivity index (χ2n) is 5.35. The molecule has 0 aliphatic heterocycles. The molecule has 1 aromatic carbocycles. The van der Waals surface area contributed by atoms with E-state index in [0.29, 0.717) is 0 Å². The average molecular weight is 256 g/mol. The number of hydrogen-bond donors (Lipinski definition) is 1. The van der Waals surface area contributed by atoms with E-state index in [1.54, 1.807) is 6.20 Å². The van der Waals surface area contributed by atoms with Gasteiger partial charge in [0, 0.05) is 24.4 Å². The number of aryl methyl sites for hydroxylation is 1. The first kappa shape index (κ1) is 12.4. The molecule has 3 nitrogen and oxygen atoms in total. The highest BCUT2D eigenvalue weighted by molar-refractivity contribution is 5.31. The van der Waals surface area contributed by atoms with Crippen LogP contribution in [0.15, 0.2) is 42.7 Å². The van der Waals surface area contributed by atoms with Crippen LogP contribution in [0.1, 0.15) is 43.7 Å². The second kappa shape index (κ2) is 4.82. The normalized spacial score (nSPS) is 18.8. The van der Waals surface area contributed by atoms with E-state index < -0.39 is 6.10 Å². The number of aromatic nitrogens is 2. The van der Waals surface area contributed by atoms with Crippen LogP contribution in [0.3, 0.4) is 0 Å². The lowest BCUT2D eigenvalue weighted by atomic mass is 9.61. The molecule has 0 bridgehead atoms. The predicted octanol–water partition coefficient (Wildman–Crippen LogP) is 3.06. The van der Waals surface area contributed by atoms with E-state index in [2.05, 4.69) is 36.2 Å². The lowest BCUT2D eigenvalue weighted by Gasteiger charge is -2.45. The first-order valence-corrected chi connectivity index (χ1v) is 7.02. The van der Waals surface area contributed by atoms with Gasteiger partial charge in [-0.15, -0.1) is 0 Å². The summed E-state index contributed by atoms with van der Waals surface area (Å²) in [4.78, 5) is 4.37. The van der Waals surface area contributed by atoms with Crippen LogP contribution in [0.4, 0.5) is 0 Å². The van der Waals surface area contributed by atoms with Crippen molar-refractivity contribution in [2.24, 2.45) is 0 Å². The Labute approximate surface area is 113 Å². The Morgan fingerprint density at radius 3 is 2.63 bits per heavy atom. The molecule has 1 N–H and O–H groups in total. The van der Waals surface area contributed by atoms with Crippen LogP contribution in [0, 0.1) is 0 Å². The van der Waals surface area contributed by atoms with Gasteiger partial charge in [0.1, 0.15) is 11.9 Å². The molecule has 0 radical (unpaired) electrons. The SMILES string of the molecule is CCn1ccnc1C(O)C1(c2ccccc2)CCC1. The molecule has 0 spiro atoms. The largest absolute Gasteiger partial charge is 0.384 e. The van der Waals surface area contributed by atoms with E-state index in [0.717, 1.165) is 25.2 Å². The van der Waals surface area contributed by atoms with Gasteiger partial charge in [0.15, 0.2) is 0 Å². The van der Waals surface area contributed by atoms with Gasteiger partial charge in [-0.05, 0) is 25.3 Å². The van der Waals surface area contributed by atoms with E-state index in [4.69, 9.17) is 0 Å². The average Bonchev–Trinajstić information content (AvgIpc) is 2.87. The number of aliphatic hydroxyl groups is 1. The quantitative estimate of drug-likeness (QED) is 0.913. The van der Waals surface area contributed by atoms with E-state index in [1.807, 2.05) is 16.8 Å². The molecule has 1 fully saturated rings. The minimum atomic E-state index is -0.515. The zero-order valence-corrected chi connectivity index (χ0v) is 11.3. The Morgan fingerprint density at radius 1 is 1.32 bits per heavy atom. The molecule has 1 aliphatic rings. The van der Waals surface area contributed by atoms with Gasteiger partial charge in [-0.25, -0.2) is 4.98 Å². The Bertz CT molecular complexity index is 543. The van der Waals surface area contributed by atoms with Crippen molar-refractivity contribution < 1.29 is 5.11 Å². The topological polar surface area (TPSA) is 38.0 Å². The Kier molecular flexibility index (Phi) is 3.15. The summed E-state index contributed by atoms with van der Waals surface area (Å²) < 4.78 is 2.04. The number of hydrogen-bond acceptors (Lipinski definition) is 2. The lowest BCUT2D eigenvalue weighted by Crippen LogP contribution is -2.41. The molecule has 1 heterocycles. The Hall–Kier alpha value is -1.61. The molecule has 100 valence electrons. The van der Waals surface area contributed by atoms with Crippen LogP contribution in [0.2, 0.25) is 0 Å². The third kappa shape index (κ3) is 1.89. The molecular weight excluding hydrogens is 236 g/mol. The first-order chi connectivity index (χ1) is 9.28. The van der Waals surface area contributed by atoms with Gasteiger partial charge in [0.25, 0.3) is 0 Å². The van der Waals surface area contributed by atoms with Crippen molar-refractivity contribution in [2.75, 3.05) is 0 Å². The van der Waals surface area contributed by atoms with Gasteiger partial charge in [0.2, 0.25) is 0 Å². The van der Waals surface area contributed by atoms with Crippen molar-refractivity contribution in [1.29, 1.82) is 0 Å². The molecule has 2 aromatic rings. The fourth-order valence-electron chi connectivity index (χ4n) is 3.13. The van der Waals surface area contributed by atoms with E-state index >= 15 is 0 Å². The molecule has 0 saturated heterocycles. The van der Waals surface area contributed by atoms with Crippen molar-refractivity contribution in [2.45, 2.75) is 44.2 Å². The van der Waals surface area contributed by atoms with Crippen molar-refractivity contribution in [1.82, 2.24) is 9.55 Å². The van der Waals surface area contributed by atoms with Crippen molar-refractivity contribution in [3.8, 4) is 0 Å². The molecular formula is C16H20N2O. The number of nitrogens with zero attached hydrogens (tertiary/aromatic N) is 2.